The molecule has 2 saturated heterocycles. The first-order chi connectivity index (χ1) is 21.8. The zero-order chi connectivity index (χ0) is 33.3. The van der Waals surface area contributed by atoms with Gasteiger partial charge in [-0.25, -0.2) is 9.78 Å². The lowest BCUT2D eigenvalue weighted by molar-refractivity contribution is -0.908. The number of nitrogen functional groups attached to an aromatic ring is 1. The van der Waals surface area contributed by atoms with E-state index in [2.05, 4.69) is 15.5 Å². The molecular weight excluding hydrogens is 646 g/mol. The predicted molar refractivity (Wildman–Crippen MR) is 160 cm³/mol. The molecule has 0 spiro atoms. The minimum atomic E-state index is -1.53. The number of hydrogen-bond acceptors (Lipinski definition) is 14. The van der Waals surface area contributed by atoms with Gasteiger partial charge in [0.1, 0.15) is 23.7 Å². The van der Waals surface area contributed by atoms with Crippen molar-refractivity contribution in [1.82, 2.24) is 20.1 Å². The molecule has 46 heavy (non-hydrogen) atoms. The first kappa shape index (κ1) is 32.5. The second-order valence-corrected chi connectivity index (χ2v) is 13.0. The molecule has 3 aliphatic heterocycles. The number of benzene rings is 1. The van der Waals surface area contributed by atoms with Crippen LogP contribution in [0.2, 0.25) is 0 Å². The van der Waals surface area contributed by atoms with Gasteiger partial charge in [0.25, 0.3) is 17.7 Å². The summed E-state index contributed by atoms with van der Waals surface area (Å²) in [6.07, 6.45) is 0. The van der Waals surface area contributed by atoms with Gasteiger partial charge in [-0.05, 0) is 18.2 Å². The molecule has 2 fully saturated rings. The Bertz CT molecular complexity index is 1670. The number of nitrogens with zero attached hydrogens (tertiary/aromatic N) is 5. The van der Waals surface area contributed by atoms with Crippen LogP contribution in [0.5, 0.6) is 11.5 Å². The number of aromatic nitrogens is 1. The third-order valence-corrected chi connectivity index (χ3v) is 9.77. The lowest BCUT2D eigenvalue weighted by atomic mass is 10.0. The Morgan fingerprint density at radius 3 is 2.54 bits per heavy atom. The maximum absolute atomic E-state index is 13.2. The number of rotatable bonds is 10. The third-order valence-electron chi connectivity index (χ3n) is 7.75. The van der Waals surface area contributed by atoms with E-state index < -0.39 is 53.2 Å². The highest BCUT2D eigenvalue weighted by Gasteiger charge is 2.54. The van der Waals surface area contributed by atoms with Crippen molar-refractivity contribution in [3.05, 3.63) is 46.1 Å². The summed E-state index contributed by atoms with van der Waals surface area (Å²) in [4.78, 5) is 73.8. The zero-order valence-electron chi connectivity index (χ0n) is 24.2. The molecule has 0 bridgehead atoms. The Morgan fingerprint density at radius 2 is 1.93 bits per heavy atom. The number of fused-ring (bicyclic) bond motifs is 1. The number of carboxylic acid groups (broad SMARTS) is 2. The summed E-state index contributed by atoms with van der Waals surface area (Å²) in [6, 6.07) is 2.74. The molecule has 0 saturated carbocycles. The second-order valence-electron chi connectivity index (χ2n) is 11.0. The van der Waals surface area contributed by atoms with Crippen LogP contribution in [0.3, 0.4) is 0 Å². The molecule has 0 radical (unpaired) electrons. The highest BCUT2D eigenvalue weighted by molar-refractivity contribution is 8.00. The smallest absolute Gasteiger partial charge is 0.344 e. The Hall–Kier alpha value is -4.88. The van der Waals surface area contributed by atoms with Crippen LogP contribution < -0.4 is 16.2 Å². The number of carboxylic acids is 2. The molecular formula is C27H29N7O10S2. The van der Waals surface area contributed by atoms with Crippen LogP contribution in [0, 0.1) is 0 Å². The number of nitrogens with two attached hydrogens (primary N) is 1. The average Bonchev–Trinajstić information content (AvgIpc) is 3.44. The van der Waals surface area contributed by atoms with Crippen LogP contribution in [-0.4, -0.2) is 134 Å². The number of hydrogen-bond donors (Lipinski definition) is 5. The van der Waals surface area contributed by atoms with Crippen molar-refractivity contribution in [3.63, 3.8) is 0 Å². The molecule has 2 aromatic rings. The average molecular weight is 676 g/mol. The van der Waals surface area contributed by atoms with E-state index >= 15 is 0 Å². The SMILES string of the molecule is C[N+]1(CC2=C(C(=O)[O-])N3C(=O)[C@@H](NC(=O)C(=NOCC(=O)O)c4csc(N)n4)[C@@H]3SC2)CCN(C(=O)c2ccc(O)c(O)c2)CC1. The van der Waals surface area contributed by atoms with Gasteiger partial charge in [-0.3, -0.25) is 19.3 Å². The van der Waals surface area contributed by atoms with Crippen molar-refractivity contribution < 1.29 is 53.7 Å². The number of anilines is 1. The van der Waals surface area contributed by atoms with Gasteiger partial charge in [0.2, 0.25) is 6.61 Å². The topological polar surface area (TPSA) is 248 Å². The summed E-state index contributed by atoms with van der Waals surface area (Å²) in [7, 11) is 1.92. The highest BCUT2D eigenvalue weighted by Crippen LogP contribution is 2.41. The lowest BCUT2D eigenvalue weighted by Gasteiger charge is -2.51. The summed E-state index contributed by atoms with van der Waals surface area (Å²) < 4.78 is 0.386. The third kappa shape index (κ3) is 6.56. The molecule has 1 aromatic carbocycles. The maximum atomic E-state index is 13.2. The van der Waals surface area contributed by atoms with Crippen LogP contribution in [-0.2, 0) is 24.0 Å². The van der Waals surface area contributed by atoms with Gasteiger partial charge in [0.15, 0.2) is 22.3 Å². The van der Waals surface area contributed by atoms with Gasteiger partial charge >= 0.3 is 5.97 Å². The number of quaternary nitrogens is 1. The van der Waals surface area contributed by atoms with Gasteiger partial charge in [-0.2, -0.15) is 0 Å². The van der Waals surface area contributed by atoms with Crippen LogP contribution in [0.1, 0.15) is 16.1 Å². The van der Waals surface area contributed by atoms with Crippen molar-refractivity contribution >= 4 is 63.6 Å². The van der Waals surface area contributed by atoms with Gasteiger partial charge < -0.3 is 50.5 Å². The summed E-state index contributed by atoms with van der Waals surface area (Å²) in [5.41, 5.74) is 5.69. The van der Waals surface area contributed by atoms with Crippen molar-refractivity contribution in [2.75, 3.05) is 57.9 Å². The van der Waals surface area contributed by atoms with Crippen molar-refractivity contribution in [3.8, 4) is 11.5 Å². The molecule has 3 aliphatic rings. The van der Waals surface area contributed by atoms with Gasteiger partial charge in [-0.1, -0.05) is 5.16 Å². The Labute approximate surface area is 269 Å². The van der Waals surface area contributed by atoms with E-state index in [-0.39, 0.29) is 46.0 Å². The predicted octanol–water partition coefficient (Wildman–Crippen LogP) is -2.05. The normalized spacial score (nSPS) is 20.9. The number of thioether (sulfide) groups is 1. The van der Waals surface area contributed by atoms with E-state index in [0.717, 1.165) is 16.2 Å². The number of carbonyl (C=O) groups is 5. The summed E-state index contributed by atoms with van der Waals surface area (Å²) in [5.74, 6) is -5.25. The van der Waals surface area contributed by atoms with Gasteiger partial charge in [0.05, 0.1) is 44.9 Å². The molecule has 0 unspecified atom stereocenters. The van der Waals surface area contributed by atoms with Crippen LogP contribution in [0.25, 0.3) is 0 Å². The molecule has 2 atom stereocenters. The van der Waals surface area contributed by atoms with Crippen molar-refractivity contribution in [1.29, 1.82) is 0 Å². The maximum Gasteiger partial charge on any atom is 0.344 e. The largest absolute Gasteiger partial charge is 0.543 e. The number of aromatic hydroxyl groups is 2. The van der Waals surface area contributed by atoms with Crippen molar-refractivity contribution in [2.24, 2.45) is 5.16 Å². The second kappa shape index (κ2) is 12.9. The van der Waals surface area contributed by atoms with E-state index in [9.17, 15) is 39.3 Å². The number of oxime groups is 1. The van der Waals surface area contributed by atoms with E-state index in [4.69, 9.17) is 15.7 Å². The molecule has 17 nitrogen and oxygen atoms in total. The minimum absolute atomic E-state index is 0.00268. The zero-order valence-corrected chi connectivity index (χ0v) is 25.9. The number of amides is 3. The number of phenolic OH excluding ortho intramolecular Hbond substituents is 2. The lowest BCUT2D eigenvalue weighted by Crippen LogP contribution is -2.72. The summed E-state index contributed by atoms with van der Waals surface area (Å²) >= 11 is 2.27. The minimum Gasteiger partial charge on any atom is -0.543 e. The number of likely N-dealkylation sites (N-methyl/N-ethyl adjacent to an activating group) is 1. The summed E-state index contributed by atoms with van der Waals surface area (Å²) in [6.45, 7) is 1.10. The number of thiazole rings is 1. The molecule has 5 rings (SSSR count). The van der Waals surface area contributed by atoms with E-state index in [1.54, 1.807) is 4.90 Å². The molecule has 6 N–H and O–H groups in total. The van der Waals surface area contributed by atoms with Crippen LogP contribution >= 0.6 is 23.1 Å². The first-order valence-corrected chi connectivity index (χ1v) is 15.7. The Balaban J connectivity index is 1.26. The van der Waals surface area contributed by atoms with Gasteiger partial charge in [0, 0.05) is 22.3 Å². The molecule has 244 valence electrons. The van der Waals surface area contributed by atoms with E-state index in [1.807, 2.05) is 7.05 Å². The fraction of sp³-hybridized carbons (Fsp3) is 0.370. The fourth-order valence-electron chi connectivity index (χ4n) is 5.36. The number of carbonyl (C=O) groups excluding carboxylic acids is 4. The van der Waals surface area contributed by atoms with Crippen LogP contribution in [0.15, 0.2) is 40.0 Å². The summed E-state index contributed by atoms with van der Waals surface area (Å²) in [5, 5.41) is 47.3. The fourth-order valence-corrected chi connectivity index (χ4v) is 7.25. The quantitative estimate of drug-likeness (QED) is 0.0599. The van der Waals surface area contributed by atoms with Gasteiger partial charge in [-0.15, -0.1) is 23.1 Å². The van der Waals surface area contributed by atoms with Crippen molar-refractivity contribution in [2.45, 2.75) is 11.4 Å². The molecule has 3 amide bonds. The Morgan fingerprint density at radius 1 is 1.22 bits per heavy atom. The van der Waals surface area contributed by atoms with Crippen LogP contribution in [0.4, 0.5) is 5.13 Å². The molecule has 4 heterocycles. The molecule has 19 heteroatoms. The molecule has 1 aromatic heterocycles. The molecule has 0 aliphatic carbocycles. The first-order valence-electron chi connectivity index (χ1n) is 13.7. The number of piperazine rings is 1. The standard InChI is InChI=1S/C27H29N7O10S2/c1-34(6-4-32(5-7-34)23(40)13-2-3-16(35)17(36)8-13)9-14-11-45-25-20(24(41)33(25)21(14)26(42)43)30-22(39)19(31-44-10-18(37)38)15-12-46-27(28)29-15/h2-3,8,12,20,25H,4-7,9-11H2,1H3,(H6-,28,29,30,31,35,36,37,38,39,40,42,43)/t20-,25+/m1/s1. The van der Waals surface area contributed by atoms with E-state index in [1.165, 1.54) is 35.3 Å². The monoisotopic (exact) mass is 675 g/mol. The number of β-lactam (4-membered cyclic amide) rings is 1. The number of phenols is 2. The number of nitrogens with one attached hydrogen (secondary N) is 1. The number of aliphatic carboxylic acids is 2. The van der Waals surface area contributed by atoms with E-state index in [0.29, 0.717) is 36.2 Å². The highest BCUT2D eigenvalue weighted by atomic mass is 32.2. The Kier molecular flexibility index (Phi) is 9.08.